The smallest absolute Gasteiger partial charge is 0.186 e. The Hall–Kier alpha value is -2.36. The van der Waals surface area contributed by atoms with Gasteiger partial charge in [-0.15, -0.1) is 0 Å². The van der Waals surface area contributed by atoms with Gasteiger partial charge in [0, 0.05) is 14.7 Å². The van der Waals surface area contributed by atoms with Gasteiger partial charge in [-0.25, -0.2) is 0 Å². The molecule has 6 nitrogen and oxygen atoms in total. The fourth-order valence-corrected chi connectivity index (χ4v) is 5.24. The van der Waals surface area contributed by atoms with Crippen LogP contribution in [0.3, 0.4) is 0 Å². The number of ether oxygens (including phenoxy) is 5. The molecule has 0 aromatic heterocycles. The lowest BCUT2D eigenvalue weighted by atomic mass is 9.98. The Balaban J connectivity index is 1.59. The van der Waals surface area contributed by atoms with Crippen molar-refractivity contribution in [1.82, 2.24) is 0 Å². The Kier molecular flexibility index (Phi) is 11.3. The second-order valence-corrected chi connectivity index (χ2v) is 16.8. The molecule has 1 aliphatic rings. The minimum absolute atomic E-state index is 0.218. The average Bonchev–Trinajstić information content (AvgIpc) is 2.95. The Morgan fingerprint density at radius 3 is 1.49 bits per heavy atom. The molecule has 210 valence electrons. The van der Waals surface area contributed by atoms with E-state index in [1.807, 2.05) is 91.0 Å². The second kappa shape index (κ2) is 14.9. The summed E-state index contributed by atoms with van der Waals surface area (Å²) < 4.78 is 32.2. The zero-order chi connectivity index (χ0) is 27.5. The summed E-state index contributed by atoms with van der Waals surface area (Å²) in [5.41, 5.74) is 3.13. The fourth-order valence-electron chi connectivity index (χ4n) is 4.51. The minimum Gasteiger partial charge on any atom is -0.394 e. The first kappa shape index (κ1) is 29.6. The maximum absolute atomic E-state index is 10.4. The summed E-state index contributed by atoms with van der Waals surface area (Å²) >= 11 is 0. The van der Waals surface area contributed by atoms with E-state index in [4.69, 9.17) is 23.7 Å². The third kappa shape index (κ3) is 9.36. The van der Waals surface area contributed by atoms with Crippen LogP contribution in [0.25, 0.3) is 0 Å². The van der Waals surface area contributed by atoms with E-state index in [0.717, 1.165) is 22.7 Å². The maximum atomic E-state index is 10.4. The summed E-state index contributed by atoms with van der Waals surface area (Å²) in [6, 6.07) is 31.0. The number of hydrogen-bond acceptors (Lipinski definition) is 6. The van der Waals surface area contributed by atoms with Crippen LogP contribution in [0, 0.1) is 0 Å². The summed E-state index contributed by atoms with van der Waals surface area (Å²) in [6.07, 6.45) is -2.96. The van der Waals surface area contributed by atoms with Gasteiger partial charge in [0.1, 0.15) is 24.4 Å². The first-order valence-corrected chi connectivity index (χ1v) is 17.5. The van der Waals surface area contributed by atoms with Gasteiger partial charge in [0.2, 0.25) is 0 Å². The van der Waals surface area contributed by atoms with Gasteiger partial charge >= 0.3 is 0 Å². The van der Waals surface area contributed by atoms with Crippen molar-refractivity contribution in [3.8, 4) is 0 Å². The van der Waals surface area contributed by atoms with E-state index in [-0.39, 0.29) is 6.61 Å². The Morgan fingerprint density at radius 2 is 1.05 bits per heavy atom. The normalized spacial score (nSPS) is 23.5. The molecule has 3 aromatic rings. The summed E-state index contributed by atoms with van der Waals surface area (Å²) in [6.45, 7) is 8.41. The number of aliphatic hydroxyl groups is 1. The predicted molar refractivity (Wildman–Crippen MR) is 155 cm³/mol. The number of hydrogen-bond donors (Lipinski definition) is 1. The van der Waals surface area contributed by atoms with Gasteiger partial charge in [0.25, 0.3) is 0 Å². The van der Waals surface area contributed by atoms with Crippen LogP contribution >= 0.6 is 0 Å². The SMILES string of the molecule is C[Si](C)(C)CCO[C@@H]1O[C@H](CO)[C@H](OCc2ccccc2)[C@H](OCc2ccccc2)[C@H]1OCc1ccccc1. The van der Waals surface area contributed by atoms with Gasteiger partial charge in [-0.2, -0.15) is 0 Å². The van der Waals surface area contributed by atoms with Crippen LogP contribution in [0.2, 0.25) is 25.7 Å². The molecule has 1 N–H and O–H groups in total. The monoisotopic (exact) mass is 550 g/mol. The third-order valence-corrected chi connectivity index (χ3v) is 8.47. The van der Waals surface area contributed by atoms with E-state index in [1.165, 1.54) is 0 Å². The van der Waals surface area contributed by atoms with Crippen molar-refractivity contribution in [2.45, 2.75) is 76.2 Å². The molecule has 1 fully saturated rings. The van der Waals surface area contributed by atoms with Crippen molar-refractivity contribution in [2.75, 3.05) is 13.2 Å². The van der Waals surface area contributed by atoms with Crippen LogP contribution in [0.5, 0.6) is 0 Å². The molecule has 5 atom stereocenters. The number of benzene rings is 3. The van der Waals surface area contributed by atoms with Gasteiger partial charge in [-0.1, -0.05) is 111 Å². The summed E-state index contributed by atoms with van der Waals surface area (Å²) in [5.74, 6) is 0. The molecule has 7 heteroatoms. The zero-order valence-corrected chi connectivity index (χ0v) is 24.3. The van der Waals surface area contributed by atoms with Gasteiger partial charge in [-0.3, -0.25) is 0 Å². The first-order valence-electron chi connectivity index (χ1n) is 13.8. The van der Waals surface area contributed by atoms with E-state index in [1.54, 1.807) is 0 Å². The molecule has 0 spiro atoms. The highest BCUT2D eigenvalue weighted by Crippen LogP contribution is 2.31. The Bertz CT molecular complexity index is 1080. The van der Waals surface area contributed by atoms with Crippen LogP contribution in [0.1, 0.15) is 16.7 Å². The number of rotatable bonds is 14. The highest BCUT2D eigenvalue weighted by Gasteiger charge is 2.48. The Labute approximate surface area is 233 Å². The molecule has 0 aliphatic carbocycles. The predicted octanol–water partition coefficient (Wildman–Crippen LogP) is 5.81. The highest BCUT2D eigenvalue weighted by atomic mass is 28.3. The van der Waals surface area contributed by atoms with Crippen molar-refractivity contribution in [2.24, 2.45) is 0 Å². The molecule has 0 radical (unpaired) electrons. The molecular formula is C32H42O6Si. The van der Waals surface area contributed by atoms with Crippen molar-refractivity contribution in [3.63, 3.8) is 0 Å². The molecule has 1 saturated heterocycles. The van der Waals surface area contributed by atoms with Crippen LogP contribution in [-0.2, 0) is 43.5 Å². The van der Waals surface area contributed by atoms with Crippen molar-refractivity contribution >= 4 is 8.07 Å². The number of aliphatic hydroxyl groups excluding tert-OH is 1. The average molecular weight is 551 g/mol. The van der Waals surface area contributed by atoms with E-state index in [9.17, 15) is 5.11 Å². The van der Waals surface area contributed by atoms with E-state index in [0.29, 0.717) is 26.4 Å². The summed E-state index contributed by atoms with van der Waals surface area (Å²) in [5, 5.41) is 10.4. The molecule has 3 aromatic carbocycles. The highest BCUT2D eigenvalue weighted by molar-refractivity contribution is 6.76. The van der Waals surface area contributed by atoms with Gasteiger partial charge in [0.05, 0.1) is 26.4 Å². The molecule has 0 amide bonds. The largest absolute Gasteiger partial charge is 0.394 e. The minimum atomic E-state index is -1.33. The van der Waals surface area contributed by atoms with Gasteiger partial charge < -0.3 is 28.8 Å². The van der Waals surface area contributed by atoms with Crippen LogP contribution in [0.15, 0.2) is 91.0 Å². The summed E-state index contributed by atoms with van der Waals surface area (Å²) in [4.78, 5) is 0. The van der Waals surface area contributed by atoms with Crippen LogP contribution in [-0.4, -0.2) is 57.1 Å². The summed E-state index contributed by atoms with van der Waals surface area (Å²) in [7, 11) is -1.33. The lowest BCUT2D eigenvalue weighted by molar-refractivity contribution is -0.325. The topological polar surface area (TPSA) is 66.4 Å². The molecule has 1 heterocycles. The van der Waals surface area contributed by atoms with Gasteiger partial charge in [-0.05, 0) is 22.7 Å². The standard InChI is InChI=1S/C32H42O6Si/c1-39(2,3)20-19-34-32-31(37-24-27-17-11-6-12-18-27)30(36-23-26-15-9-5-10-16-26)29(28(21-33)38-32)35-22-25-13-7-4-8-14-25/h4-18,28-33H,19-24H2,1-3H3/t28-,29+,30+,31-,32-/m1/s1. The first-order chi connectivity index (χ1) is 18.9. The van der Waals surface area contributed by atoms with Crippen molar-refractivity contribution < 1.29 is 28.8 Å². The van der Waals surface area contributed by atoms with Crippen LogP contribution in [0.4, 0.5) is 0 Å². The molecule has 0 saturated carbocycles. The fraction of sp³-hybridized carbons (Fsp3) is 0.438. The third-order valence-electron chi connectivity index (χ3n) is 6.76. The van der Waals surface area contributed by atoms with Gasteiger partial charge in [0.15, 0.2) is 6.29 Å². The van der Waals surface area contributed by atoms with Crippen molar-refractivity contribution in [3.05, 3.63) is 108 Å². The molecule has 1 aliphatic heterocycles. The molecule has 0 bridgehead atoms. The Morgan fingerprint density at radius 1 is 0.615 bits per heavy atom. The molecular weight excluding hydrogens is 508 g/mol. The quantitative estimate of drug-likeness (QED) is 0.255. The lowest BCUT2D eigenvalue weighted by Gasteiger charge is -2.45. The van der Waals surface area contributed by atoms with E-state index >= 15 is 0 Å². The lowest BCUT2D eigenvalue weighted by Crippen LogP contribution is -2.61. The maximum Gasteiger partial charge on any atom is 0.186 e. The molecule has 4 rings (SSSR count). The van der Waals surface area contributed by atoms with E-state index < -0.39 is 38.8 Å². The molecule has 0 unspecified atom stereocenters. The second-order valence-electron chi connectivity index (χ2n) is 11.2. The van der Waals surface area contributed by atoms with Crippen molar-refractivity contribution in [1.29, 1.82) is 0 Å². The zero-order valence-electron chi connectivity index (χ0n) is 23.3. The van der Waals surface area contributed by atoms with E-state index in [2.05, 4.69) is 19.6 Å². The molecule has 39 heavy (non-hydrogen) atoms. The van der Waals surface area contributed by atoms with Crippen LogP contribution < -0.4 is 0 Å².